The molecule has 1 nitrogen and oxygen atoms in total. The molecule has 0 N–H and O–H groups in total. The number of allylic oxidation sites excluding steroid dienone is 1. The first kappa shape index (κ1) is 14.7. The maximum Gasteiger partial charge on any atom is 0.126 e. The molecule has 0 bridgehead atoms. The quantitative estimate of drug-likeness (QED) is 0.728. The monoisotopic (exact) mass is 253 g/mol. The molecule has 0 aliphatic heterocycles. The van der Waals surface area contributed by atoms with Crippen LogP contribution < -0.4 is 0 Å². The van der Waals surface area contributed by atoms with Gasteiger partial charge in [0, 0.05) is 24.9 Å². The Morgan fingerprint density at radius 1 is 1.22 bits per heavy atom. The number of benzene rings is 1. The van der Waals surface area contributed by atoms with Crippen LogP contribution in [0.5, 0.6) is 0 Å². The van der Waals surface area contributed by atoms with Crippen molar-refractivity contribution in [2.45, 2.75) is 33.7 Å². The Kier molecular flexibility index (Phi) is 5.32. The van der Waals surface area contributed by atoms with Crippen LogP contribution in [0.1, 0.15) is 32.8 Å². The SMILES string of the molecule is C=C(C)N(CCC(C)C)Cc1cc(F)cc(F)c1. The van der Waals surface area contributed by atoms with E-state index in [1.54, 1.807) is 0 Å². The third-order valence-electron chi connectivity index (χ3n) is 2.81. The molecule has 0 unspecified atom stereocenters. The van der Waals surface area contributed by atoms with Crippen molar-refractivity contribution in [1.82, 2.24) is 4.90 Å². The molecule has 18 heavy (non-hydrogen) atoms. The highest BCUT2D eigenvalue weighted by Crippen LogP contribution is 2.15. The van der Waals surface area contributed by atoms with E-state index in [0.29, 0.717) is 18.0 Å². The lowest BCUT2D eigenvalue weighted by molar-refractivity contribution is 0.313. The molecule has 1 rings (SSSR count). The van der Waals surface area contributed by atoms with E-state index in [-0.39, 0.29) is 0 Å². The molecule has 1 aromatic rings. The molecular formula is C15H21F2N. The van der Waals surface area contributed by atoms with Gasteiger partial charge in [-0.1, -0.05) is 20.4 Å². The zero-order valence-corrected chi connectivity index (χ0v) is 11.3. The molecule has 0 fully saturated rings. The minimum Gasteiger partial charge on any atom is -0.371 e. The summed E-state index contributed by atoms with van der Waals surface area (Å²) in [6.45, 7) is 11.5. The first-order valence-electron chi connectivity index (χ1n) is 6.24. The molecule has 3 heteroatoms. The molecule has 0 atom stereocenters. The van der Waals surface area contributed by atoms with Gasteiger partial charge in [-0.15, -0.1) is 0 Å². The van der Waals surface area contributed by atoms with Gasteiger partial charge in [0.15, 0.2) is 0 Å². The van der Waals surface area contributed by atoms with Crippen LogP contribution in [0, 0.1) is 17.6 Å². The fourth-order valence-corrected chi connectivity index (χ4v) is 1.74. The van der Waals surface area contributed by atoms with E-state index >= 15 is 0 Å². The average Bonchev–Trinajstić information content (AvgIpc) is 2.22. The number of hydrogen-bond donors (Lipinski definition) is 0. The molecule has 0 aliphatic rings. The van der Waals surface area contributed by atoms with Crippen molar-refractivity contribution in [2.24, 2.45) is 5.92 Å². The Morgan fingerprint density at radius 2 is 1.78 bits per heavy atom. The molecule has 0 heterocycles. The van der Waals surface area contributed by atoms with Crippen LogP contribution in [0.2, 0.25) is 0 Å². The lowest BCUT2D eigenvalue weighted by Gasteiger charge is -2.25. The Balaban J connectivity index is 2.73. The van der Waals surface area contributed by atoms with Crippen molar-refractivity contribution in [3.8, 4) is 0 Å². The van der Waals surface area contributed by atoms with Crippen LogP contribution in [-0.2, 0) is 6.54 Å². The van der Waals surface area contributed by atoms with Gasteiger partial charge in [-0.3, -0.25) is 0 Å². The molecule has 0 radical (unpaired) electrons. The van der Waals surface area contributed by atoms with Gasteiger partial charge in [0.25, 0.3) is 0 Å². The van der Waals surface area contributed by atoms with Crippen LogP contribution in [0.3, 0.4) is 0 Å². The zero-order valence-electron chi connectivity index (χ0n) is 11.3. The second-order valence-corrected chi connectivity index (χ2v) is 5.12. The van der Waals surface area contributed by atoms with E-state index in [0.717, 1.165) is 24.7 Å². The number of nitrogens with zero attached hydrogens (tertiary/aromatic N) is 1. The van der Waals surface area contributed by atoms with Gasteiger partial charge in [-0.2, -0.15) is 0 Å². The van der Waals surface area contributed by atoms with E-state index in [1.807, 2.05) is 11.8 Å². The van der Waals surface area contributed by atoms with Crippen molar-refractivity contribution in [3.05, 3.63) is 47.7 Å². The maximum absolute atomic E-state index is 13.1. The van der Waals surface area contributed by atoms with Gasteiger partial charge >= 0.3 is 0 Å². The van der Waals surface area contributed by atoms with Crippen molar-refractivity contribution in [3.63, 3.8) is 0 Å². The fourth-order valence-electron chi connectivity index (χ4n) is 1.74. The normalized spacial score (nSPS) is 10.8. The minimum absolute atomic E-state index is 0.497. The fraction of sp³-hybridized carbons (Fsp3) is 0.467. The molecule has 0 amide bonds. The third-order valence-corrected chi connectivity index (χ3v) is 2.81. The first-order valence-corrected chi connectivity index (χ1v) is 6.24. The summed E-state index contributed by atoms with van der Waals surface area (Å²) in [6.07, 6.45) is 1.03. The second kappa shape index (κ2) is 6.53. The van der Waals surface area contributed by atoms with Crippen LogP contribution in [-0.4, -0.2) is 11.4 Å². The Bertz CT molecular complexity index is 393. The maximum atomic E-state index is 13.1. The van der Waals surface area contributed by atoms with Gasteiger partial charge in [0.2, 0.25) is 0 Å². The van der Waals surface area contributed by atoms with Crippen LogP contribution in [0.25, 0.3) is 0 Å². The van der Waals surface area contributed by atoms with Gasteiger partial charge in [0.1, 0.15) is 11.6 Å². The standard InChI is InChI=1S/C15H21F2N/c1-11(2)5-6-18(12(3)4)10-13-7-14(16)9-15(17)8-13/h7-9,11H,3,5-6,10H2,1-2,4H3. The van der Waals surface area contributed by atoms with Crippen molar-refractivity contribution < 1.29 is 8.78 Å². The first-order chi connectivity index (χ1) is 8.38. The second-order valence-electron chi connectivity index (χ2n) is 5.12. The van der Waals surface area contributed by atoms with E-state index < -0.39 is 11.6 Å². The molecule has 0 saturated heterocycles. The zero-order chi connectivity index (χ0) is 13.7. The highest BCUT2D eigenvalue weighted by atomic mass is 19.1. The van der Waals surface area contributed by atoms with E-state index in [2.05, 4.69) is 20.4 Å². The van der Waals surface area contributed by atoms with E-state index in [4.69, 9.17) is 0 Å². The highest BCUT2D eigenvalue weighted by molar-refractivity contribution is 5.18. The predicted molar refractivity (Wildman–Crippen MR) is 71.0 cm³/mol. The largest absolute Gasteiger partial charge is 0.371 e. The molecule has 0 saturated carbocycles. The Morgan fingerprint density at radius 3 is 2.22 bits per heavy atom. The number of rotatable bonds is 6. The summed E-state index contributed by atoms with van der Waals surface area (Å²) in [5.74, 6) is -0.470. The number of halogens is 2. The summed E-state index contributed by atoms with van der Waals surface area (Å²) in [5.41, 5.74) is 1.56. The average molecular weight is 253 g/mol. The summed E-state index contributed by atoms with van der Waals surface area (Å²) in [4.78, 5) is 2.05. The lowest BCUT2D eigenvalue weighted by atomic mass is 10.1. The molecule has 100 valence electrons. The van der Waals surface area contributed by atoms with Crippen molar-refractivity contribution >= 4 is 0 Å². The molecule has 0 spiro atoms. The predicted octanol–water partition coefficient (Wildman–Crippen LogP) is 4.35. The summed E-state index contributed by atoms with van der Waals surface area (Å²) < 4.78 is 26.2. The molecule has 0 aliphatic carbocycles. The Hall–Kier alpha value is -1.38. The Labute approximate surface area is 108 Å². The highest BCUT2D eigenvalue weighted by Gasteiger charge is 2.08. The summed E-state index contributed by atoms with van der Waals surface area (Å²) in [5, 5.41) is 0. The van der Waals surface area contributed by atoms with Gasteiger partial charge in [-0.25, -0.2) is 8.78 Å². The van der Waals surface area contributed by atoms with E-state index in [9.17, 15) is 8.78 Å². The van der Waals surface area contributed by atoms with Crippen LogP contribution >= 0.6 is 0 Å². The van der Waals surface area contributed by atoms with Gasteiger partial charge in [0.05, 0.1) is 0 Å². The van der Waals surface area contributed by atoms with Crippen LogP contribution in [0.15, 0.2) is 30.5 Å². The van der Waals surface area contributed by atoms with E-state index in [1.165, 1.54) is 12.1 Å². The third kappa shape index (κ3) is 4.86. The van der Waals surface area contributed by atoms with Gasteiger partial charge in [-0.05, 0) is 37.0 Å². The molecule has 0 aromatic heterocycles. The molecular weight excluding hydrogens is 232 g/mol. The lowest BCUT2D eigenvalue weighted by Crippen LogP contribution is -2.23. The number of hydrogen-bond acceptors (Lipinski definition) is 1. The smallest absolute Gasteiger partial charge is 0.126 e. The van der Waals surface area contributed by atoms with Crippen LogP contribution in [0.4, 0.5) is 8.78 Å². The summed E-state index contributed by atoms with van der Waals surface area (Å²) in [7, 11) is 0. The topological polar surface area (TPSA) is 3.24 Å². The van der Waals surface area contributed by atoms with Crippen molar-refractivity contribution in [2.75, 3.05) is 6.54 Å². The minimum atomic E-state index is -0.532. The van der Waals surface area contributed by atoms with Crippen molar-refractivity contribution in [1.29, 1.82) is 0 Å². The molecule has 1 aromatic carbocycles. The summed E-state index contributed by atoms with van der Waals surface area (Å²) >= 11 is 0. The van der Waals surface area contributed by atoms with Gasteiger partial charge < -0.3 is 4.90 Å². The summed E-state index contributed by atoms with van der Waals surface area (Å²) in [6, 6.07) is 3.63.